The summed E-state index contributed by atoms with van der Waals surface area (Å²) in [6.45, 7) is 4.99. The molecule has 0 spiro atoms. The van der Waals surface area contributed by atoms with Gasteiger partial charge in [0.15, 0.2) is 0 Å². The largest absolute Gasteiger partial charge is 0.364 e. The second kappa shape index (κ2) is 5.71. The number of rotatable bonds is 6. The van der Waals surface area contributed by atoms with Crippen LogP contribution in [0.1, 0.15) is 60.3 Å². The summed E-state index contributed by atoms with van der Waals surface area (Å²) in [5, 5.41) is 11.2. The fourth-order valence-electron chi connectivity index (χ4n) is 2.36. The number of unbranched alkanes of at least 4 members (excludes halogenated alkanes) is 1. The number of aryl methyl sites for hydroxylation is 1. The van der Waals surface area contributed by atoms with Crippen LogP contribution in [0.4, 0.5) is 5.69 Å². The minimum atomic E-state index is -0.170. The third-order valence-corrected chi connectivity index (χ3v) is 3.88. The van der Waals surface area contributed by atoms with Crippen molar-refractivity contribution < 1.29 is 9.32 Å². The molecular weight excluding hydrogens is 268 g/mol. The Morgan fingerprint density at radius 3 is 3.05 bits per heavy atom. The summed E-state index contributed by atoms with van der Waals surface area (Å²) in [7, 11) is 0. The molecule has 1 fully saturated rings. The Labute approximate surface area is 123 Å². The lowest BCUT2D eigenvalue weighted by Gasteiger charge is -2.06. The fraction of sp³-hybridized carbons (Fsp3) is 0.533. The van der Waals surface area contributed by atoms with Crippen molar-refractivity contribution in [3.05, 3.63) is 29.4 Å². The summed E-state index contributed by atoms with van der Waals surface area (Å²) in [6.07, 6.45) is 7.49. The normalized spacial score (nSPS) is 14.4. The molecule has 2 aromatic rings. The van der Waals surface area contributed by atoms with Gasteiger partial charge >= 0.3 is 0 Å². The number of amides is 1. The van der Waals surface area contributed by atoms with E-state index in [2.05, 4.69) is 22.5 Å². The zero-order valence-corrected chi connectivity index (χ0v) is 12.4. The summed E-state index contributed by atoms with van der Waals surface area (Å²) in [5.41, 5.74) is 3.04. The zero-order valence-electron chi connectivity index (χ0n) is 12.4. The molecule has 2 heterocycles. The van der Waals surface area contributed by atoms with Crippen LogP contribution in [0.2, 0.25) is 0 Å². The summed E-state index contributed by atoms with van der Waals surface area (Å²) in [5.74, 6) is 0.217. The maximum absolute atomic E-state index is 12.4. The molecule has 0 atom stereocenters. The number of hydrogen-bond acceptors (Lipinski definition) is 4. The highest BCUT2D eigenvalue weighted by molar-refractivity contribution is 6.05. The van der Waals surface area contributed by atoms with E-state index in [9.17, 15) is 4.79 Å². The van der Waals surface area contributed by atoms with Gasteiger partial charge in [-0.15, -0.1) is 0 Å². The van der Waals surface area contributed by atoms with Crippen LogP contribution in [0.15, 0.2) is 17.0 Å². The van der Waals surface area contributed by atoms with Gasteiger partial charge in [0.2, 0.25) is 0 Å². The molecule has 2 aromatic heterocycles. The van der Waals surface area contributed by atoms with Crippen LogP contribution in [-0.2, 0) is 6.54 Å². The number of anilines is 1. The van der Waals surface area contributed by atoms with Crippen molar-refractivity contribution >= 4 is 11.6 Å². The average Bonchev–Trinajstić information content (AvgIpc) is 3.11. The molecule has 6 nitrogen and oxygen atoms in total. The van der Waals surface area contributed by atoms with Gasteiger partial charge in [0.25, 0.3) is 5.91 Å². The van der Waals surface area contributed by atoms with Crippen molar-refractivity contribution in [3.8, 4) is 0 Å². The molecular formula is C15H20N4O2. The van der Waals surface area contributed by atoms with Gasteiger partial charge in [0.05, 0.1) is 23.3 Å². The number of aromatic nitrogens is 3. The topological polar surface area (TPSA) is 73.0 Å². The Morgan fingerprint density at radius 2 is 2.33 bits per heavy atom. The van der Waals surface area contributed by atoms with Crippen molar-refractivity contribution in [3.63, 3.8) is 0 Å². The number of nitrogens with zero attached hydrogens (tertiary/aromatic N) is 3. The Balaban J connectivity index is 1.72. The highest BCUT2D eigenvalue weighted by atomic mass is 16.5. The molecule has 1 aliphatic carbocycles. The van der Waals surface area contributed by atoms with Gasteiger partial charge in [-0.3, -0.25) is 9.48 Å². The van der Waals surface area contributed by atoms with Crippen molar-refractivity contribution in [2.45, 2.75) is 52.0 Å². The van der Waals surface area contributed by atoms with Crippen LogP contribution in [0.25, 0.3) is 0 Å². The third-order valence-electron chi connectivity index (χ3n) is 3.88. The van der Waals surface area contributed by atoms with Crippen molar-refractivity contribution in [2.75, 3.05) is 5.32 Å². The lowest BCUT2D eigenvalue weighted by Crippen LogP contribution is -2.14. The highest BCUT2D eigenvalue weighted by Crippen LogP contribution is 2.40. The van der Waals surface area contributed by atoms with Gasteiger partial charge < -0.3 is 9.84 Å². The number of hydrogen-bond donors (Lipinski definition) is 1. The molecule has 0 aromatic carbocycles. The van der Waals surface area contributed by atoms with E-state index in [1.165, 1.54) is 6.26 Å². The first-order valence-corrected chi connectivity index (χ1v) is 7.48. The van der Waals surface area contributed by atoms with E-state index in [1.54, 1.807) is 6.20 Å². The molecule has 0 radical (unpaired) electrons. The summed E-state index contributed by atoms with van der Waals surface area (Å²) >= 11 is 0. The highest BCUT2D eigenvalue weighted by Gasteiger charge is 2.31. The number of nitrogens with one attached hydrogen (secondary N) is 1. The molecule has 0 unspecified atom stereocenters. The van der Waals surface area contributed by atoms with Crippen LogP contribution in [-0.4, -0.2) is 20.8 Å². The quantitative estimate of drug-likeness (QED) is 0.886. The predicted octanol–water partition coefficient (Wildman–Crippen LogP) is 3.11. The van der Waals surface area contributed by atoms with Crippen LogP contribution in [0.3, 0.4) is 0 Å². The Kier molecular flexibility index (Phi) is 3.77. The second-order valence-electron chi connectivity index (χ2n) is 5.56. The van der Waals surface area contributed by atoms with E-state index >= 15 is 0 Å². The van der Waals surface area contributed by atoms with E-state index in [1.807, 2.05) is 11.6 Å². The first-order valence-electron chi connectivity index (χ1n) is 7.48. The number of carbonyl (C=O) groups is 1. The van der Waals surface area contributed by atoms with Crippen molar-refractivity contribution in [1.29, 1.82) is 0 Å². The Bertz CT molecular complexity index is 640. The van der Waals surface area contributed by atoms with Crippen molar-refractivity contribution in [1.82, 2.24) is 14.9 Å². The van der Waals surface area contributed by atoms with Gasteiger partial charge in [-0.25, -0.2) is 0 Å². The van der Waals surface area contributed by atoms with E-state index in [-0.39, 0.29) is 5.91 Å². The smallest absolute Gasteiger partial charge is 0.261 e. The second-order valence-corrected chi connectivity index (χ2v) is 5.56. The average molecular weight is 288 g/mol. The zero-order chi connectivity index (χ0) is 14.8. The maximum atomic E-state index is 12.4. The molecule has 21 heavy (non-hydrogen) atoms. The van der Waals surface area contributed by atoms with Gasteiger partial charge in [0, 0.05) is 12.5 Å². The summed E-state index contributed by atoms with van der Waals surface area (Å²) in [6, 6.07) is 0. The lowest BCUT2D eigenvalue weighted by molar-refractivity contribution is 0.102. The SMILES string of the molecule is CCCCn1ncc(NC(=O)c2conc2C2CC2)c1C. The lowest BCUT2D eigenvalue weighted by atomic mass is 10.1. The van der Waals surface area contributed by atoms with E-state index in [4.69, 9.17) is 4.52 Å². The molecule has 6 heteroatoms. The molecule has 1 aliphatic rings. The minimum Gasteiger partial charge on any atom is -0.364 e. The first kappa shape index (κ1) is 13.9. The van der Waals surface area contributed by atoms with Gasteiger partial charge in [-0.2, -0.15) is 5.10 Å². The Hall–Kier alpha value is -2.11. The van der Waals surface area contributed by atoms with Gasteiger partial charge in [-0.05, 0) is 26.2 Å². The molecule has 0 saturated heterocycles. The molecule has 1 N–H and O–H groups in total. The van der Waals surface area contributed by atoms with Crippen molar-refractivity contribution in [2.24, 2.45) is 0 Å². The number of carbonyl (C=O) groups excluding carboxylic acids is 1. The fourth-order valence-corrected chi connectivity index (χ4v) is 2.36. The van der Waals surface area contributed by atoms with Gasteiger partial charge in [-0.1, -0.05) is 18.5 Å². The summed E-state index contributed by atoms with van der Waals surface area (Å²) in [4.78, 5) is 12.4. The van der Waals surface area contributed by atoms with Crippen LogP contribution in [0, 0.1) is 6.92 Å². The van der Waals surface area contributed by atoms with E-state index in [0.717, 1.165) is 49.3 Å². The minimum absolute atomic E-state index is 0.170. The first-order chi connectivity index (χ1) is 10.2. The third kappa shape index (κ3) is 2.84. The molecule has 1 saturated carbocycles. The monoisotopic (exact) mass is 288 g/mol. The van der Waals surface area contributed by atoms with E-state index in [0.29, 0.717) is 11.5 Å². The van der Waals surface area contributed by atoms with Gasteiger partial charge in [0.1, 0.15) is 11.8 Å². The summed E-state index contributed by atoms with van der Waals surface area (Å²) < 4.78 is 6.89. The van der Waals surface area contributed by atoms with Crippen LogP contribution in [0.5, 0.6) is 0 Å². The standard InChI is InChI=1S/C15H20N4O2/c1-3-4-7-19-10(2)13(8-16-19)17-15(20)12-9-21-18-14(12)11-5-6-11/h8-9,11H,3-7H2,1-2H3,(H,17,20). The molecule has 1 amide bonds. The van der Waals surface area contributed by atoms with Crippen LogP contribution >= 0.6 is 0 Å². The molecule has 0 bridgehead atoms. The van der Waals surface area contributed by atoms with Crippen LogP contribution < -0.4 is 5.32 Å². The maximum Gasteiger partial charge on any atom is 0.261 e. The molecule has 112 valence electrons. The molecule has 0 aliphatic heterocycles. The Morgan fingerprint density at radius 1 is 1.52 bits per heavy atom. The van der Waals surface area contributed by atoms with E-state index < -0.39 is 0 Å². The predicted molar refractivity (Wildman–Crippen MR) is 78.3 cm³/mol. The molecule has 3 rings (SSSR count).